The number of amides is 2. The number of rotatable bonds is 7. The quantitative estimate of drug-likeness (QED) is 0.417. The lowest BCUT2D eigenvalue weighted by molar-refractivity contribution is 0.0949. The van der Waals surface area contributed by atoms with Crippen LogP contribution in [0.25, 0.3) is 11.4 Å². The Morgan fingerprint density at radius 1 is 0.969 bits per heavy atom. The van der Waals surface area contributed by atoms with Gasteiger partial charge in [0.15, 0.2) is 5.82 Å². The molecule has 0 atom stereocenters. The summed E-state index contributed by atoms with van der Waals surface area (Å²) in [4.78, 5) is 33.9. The molecular weight excluding hydrogens is 411 g/mol. The van der Waals surface area contributed by atoms with Crippen molar-refractivity contribution in [3.05, 3.63) is 95.8 Å². The molecule has 160 valence electrons. The van der Waals surface area contributed by atoms with Crippen molar-refractivity contribution in [1.82, 2.24) is 25.5 Å². The van der Waals surface area contributed by atoms with Gasteiger partial charge in [-0.3, -0.25) is 14.7 Å². The van der Waals surface area contributed by atoms with E-state index in [0.29, 0.717) is 17.2 Å². The number of carbonyl (C=O) groups is 2. The zero-order valence-electron chi connectivity index (χ0n) is 16.9. The minimum atomic E-state index is -0.545. The van der Waals surface area contributed by atoms with E-state index in [-0.39, 0.29) is 30.1 Å². The number of nitrogens with one attached hydrogen (secondary N) is 3. The predicted molar refractivity (Wildman–Crippen MR) is 116 cm³/mol. The first-order valence-corrected chi connectivity index (χ1v) is 9.86. The summed E-state index contributed by atoms with van der Waals surface area (Å²) in [5, 5.41) is 11.6. The van der Waals surface area contributed by atoms with Gasteiger partial charge in [-0.1, -0.05) is 42.5 Å². The molecule has 0 aliphatic heterocycles. The number of carbonyl (C=O) groups excluding carboxylic acids is 2. The summed E-state index contributed by atoms with van der Waals surface area (Å²) in [6.07, 6.45) is 3.16. The van der Waals surface area contributed by atoms with E-state index in [1.165, 1.54) is 30.6 Å². The average molecular weight is 430 g/mol. The van der Waals surface area contributed by atoms with E-state index < -0.39 is 11.7 Å². The maximum Gasteiger partial charge on any atom is 0.269 e. The van der Waals surface area contributed by atoms with Crippen LogP contribution in [-0.2, 0) is 6.42 Å². The lowest BCUT2D eigenvalue weighted by Gasteiger charge is -2.12. The second-order valence-electron chi connectivity index (χ2n) is 6.83. The number of aromatic amines is 1. The normalized spacial score (nSPS) is 10.5. The van der Waals surface area contributed by atoms with Crippen LogP contribution in [-0.4, -0.2) is 38.5 Å². The van der Waals surface area contributed by atoms with Gasteiger partial charge in [-0.25, -0.2) is 14.4 Å². The van der Waals surface area contributed by atoms with Gasteiger partial charge in [0.05, 0.1) is 16.9 Å². The SMILES string of the molecule is O=C(NCCc1nc(-c2ccccc2)ncc1C(=O)Nc1ccccc1F)c1ccn[nH]1. The van der Waals surface area contributed by atoms with Gasteiger partial charge in [0.2, 0.25) is 0 Å². The van der Waals surface area contributed by atoms with Gasteiger partial charge >= 0.3 is 0 Å². The third-order valence-corrected chi connectivity index (χ3v) is 4.66. The summed E-state index contributed by atoms with van der Waals surface area (Å²) in [6, 6.07) is 16.8. The smallest absolute Gasteiger partial charge is 0.269 e. The number of nitrogens with zero attached hydrogens (tertiary/aromatic N) is 3. The Bertz CT molecular complexity index is 1230. The predicted octanol–water partition coefficient (Wildman–Crippen LogP) is 3.23. The molecule has 0 unspecified atom stereocenters. The number of H-pyrrole nitrogens is 1. The molecule has 0 radical (unpaired) electrons. The molecule has 0 spiro atoms. The molecule has 2 aromatic carbocycles. The first kappa shape index (κ1) is 20.9. The van der Waals surface area contributed by atoms with Gasteiger partial charge in [-0.2, -0.15) is 5.10 Å². The van der Waals surface area contributed by atoms with Crippen molar-refractivity contribution in [2.45, 2.75) is 6.42 Å². The highest BCUT2D eigenvalue weighted by Crippen LogP contribution is 2.19. The van der Waals surface area contributed by atoms with Crippen molar-refractivity contribution in [2.75, 3.05) is 11.9 Å². The fourth-order valence-electron chi connectivity index (χ4n) is 3.05. The highest BCUT2D eigenvalue weighted by atomic mass is 19.1. The lowest BCUT2D eigenvalue weighted by Crippen LogP contribution is -2.27. The van der Waals surface area contributed by atoms with Crippen LogP contribution < -0.4 is 10.6 Å². The minimum Gasteiger partial charge on any atom is -0.350 e. The fraction of sp³-hybridized carbons (Fsp3) is 0.0870. The Balaban J connectivity index is 1.57. The number of aromatic nitrogens is 4. The Labute approximate surface area is 182 Å². The van der Waals surface area contributed by atoms with Crippen LogP contribution in [0.4, 0.5) is 10.1 Å². The van der Waals surface area contributed by atoms with Crippen molar-refractivity contribution in [2.24, 2.45) is 0 Å². The van der Waals surface area contributed by atoms with E-state index in [1.54, 1.807) is 12.1 Å². The fourth-order valence-corrected chi connectivity index (χ4v) is 3.05. The molecule has 0 aliphatic carbocycles. The molecular formula is C23H19FN6O2. The van der Waals surface area contributed by atoms with Crippen LogP contribution in [0.15, 0.2) is 73.1 Å². The standard InChI is InChI=1S/C23H19FN6O2/c24-17-8-4-5-9-19(17)29-22(31)16-14-26-21(15-6-2-1-3-7-15)28-18(16)10-12-25-23(32)20-11-13-27-30-20/h1-9,11,13-14H,10,12H2,(H,25,32)(H,27,30)(H,29,31). The molecule has 2 aromatic heterocycles. The Kier molecular flexibility index (Phi) is 6.26. The van der Waals surface area contributed by atoms with E-state index in [9.17, 15) is 14.0 Å². The van der Waals surface area contributed by atoms with Gasteiger partial charge in [0.1, 0.15) is 11.5 Å². The summed E-state index contributed by atoms with van der Waals surface area (Å²) < 4.78 is 14.0. The van der Waals surface area contributed by atoms with E-state index >= 15 is 0 Å². The minimum absolute atomic E-state index is 0.0585. The number of hydrogen-bond donors (Lipinski definition) is 3. The second kappa shape index (κ2) is 9.61. The highest BCUT2D eigenvalue weighted by molar-refractivity contribution is 6.05. The number of para-hydroxylation sites is 1. The molecule has 2 heterocycles. The third kappa shape index (κ3) is 4.84. The first-order chi connectivity index (χ1) is 15.6. The molecule has 0 fully saturated rings. The van der Waals surface area contributed by atoms with Gasteiger partial charge < -0.3 is 10.6 Å². The molecule has 8 nitrogen and oxygen atoms in total. The van der Waals surface area contributed by atoms with Gasteiger partial charge in [0.25, 0.3) is 11.8 Å². The van der Waals surface area contributed by atoms with Crippen LogP contribution in [0, 0.1) is 5.82 Å². The Morgan fingerprint density at radius 2 is 1.75 bits per heavy atom. The summed E-state index contributed by atoms with van der Waals surface area (Å²) in [5.41, 5.74) is 1.80. The Morgan fingerprint density at radius 3 is 2.50 bits per heavy atom. The van der Waals surface area contributed by atoms with Crippen LogP contribution >= 0.6 is 0 Å². The van der Waals surface area contributed by atoms with Crippen LogP contribution in [0.5, 0.6) is 0 Å². The maximum absolute atomic E-state index is 14.0. The summed E-state index contributed by atoms with van der Waals surface area (Å²) in [5.74, 6) is -0.958. The van der Waals surface area contributed by atoms with Gasteiger partial charge in [-0.05, 0) is 18.2 Å². The van der Waals surface area contributed by atoms with Gasteiger partial charge in [-0.15, -0.1) is 0 Å². The molecule has 9 heteroatoms. The highest BCUT2D eigenvalue weighted by Gasteiger charge is 2.17. The topological polar surface area (TPSA) is 113 Å². The summed E-state index contributed by atoms with van der Waals surface area (Å²) in [6.45, 7) is 0.225. The molecule has 0 bridgehead atoms. The molecule has 4 rings (SSSR count). The van der Waals surface area contributed by atoms with Crippen LogP contribution in [0.3, 0.4) is 0 Å². The molecule has 32 heavy (non-hydrogen) atoms. The first-order valence-electron chi connectivity index (χ1n) is 9.86. The van der Waals surface area contributed by atoms with Crippen molar-refractivity contribution in [3.8, 4) is 11.4 Å². The van der Waals surface area contributed by atoms with Crippen molar-refractivity contribution < 1.29 is 14.0 Å². The maximum atomic E-state index is 14.0. The van der Waals surface area contributed by atoms with Crippen molar-refractivity contribution in [1.29, 1.82) is 0 Å². The average Bonchev–Trinajstić information content (AvgIpc) is 3.36. The zero-order valence-corrected chi connectivity index (χ0v) is 16.9. The molecule has 0 saturated heterocycles. The number of hydrogen-bond acceptors (Lipinski definition) is 5. The van der Waals surface area contributed by atoms with E-state index in [4.69, 9.17) is 0 Å². The van der Waals surface area contributed by atoms with Crippen LogP contribution in [0.1, 0.15) is 26.5 Å². The molecule has 2 amide bonds. The molecule has 0 aliphatic rings. The van der Waals surface area contributed by atoms with E-state index in [0.717, 1.165) is 5.56 Å². The van der Waals surface area contributed by atoms with E-state index in [2.05, 4.69) is 30.8 Å². The summed E-state index contributed by atoms with van der Waals surface area (Å²) >= 11 is 0. The zero-order chi connectivity index (χ0) is 22.3. The lowest BCUT2D eigenvalue weighted by atomic mass is 10.1. The molecule has 0 saturated carbocycles. The monoisotopic (exact) mass is 430 g/mol. The Hall–Kier alpha value is -4.40. The number of halogens is 1. The largest absolute Gasteiger partial charge is 0.350 e. The molecule has 3 N–H and O–H groups in total. The summed E-state index contributed by atoms with van der Waals surface area (Å²) in [7, 11) is 0. The van der Waals surface area contributed by atoms with Crippen molar-refractivity contribution in [3.63, 3.8) is 0 Å². The van der Waals surface area contributed by atoms with Crippen molar-refractivity contribution >= 4 is 17.5 Å². The van der Waals surface area contributed by atoms with Gasteiger partial charge in [0, 0.05) is 30.9 Å². The second-order valence-corrected chi connectivity index (χ2v) is 6.83. The van der Waals surface area contributed by atoms with E-state index in [1.807, 2.05) is 30.3 Å². The van der Waals surface area contributed by atoms with Crippen LogP contribution in [0.2, 0.25) is 0 Å². The number of anilines is 1. The molecule has 4 aromatic rings. The third-order valence-electron chi connectivity index (χ3n) is 4.66. The number of benzene rings is 2.